The minimum atomic E-state index is -4.03. The molecule has 7 nitrogen and oxygen atoms in total. The van der Waals surface area contributed by atoms with E-state index in [0.29, 0.717) is 17.2 Å². The number of carbonyl (C=O) groups excluding carboxylic acids is 1. The Morgan fingerprint density at radius 2 is 1.72 bits per heavy atom. The third kappa shape index (κ3) is 4.67. The molecular formula is C23H23FN2O5S. The summed E-state index contributed by atoms with van der Waals surface area (Å²) >= 11 is 0. The third-order valence-electron chi connectivity index (χ3n) is 4.76. The first-order valence-corrected chi connectivity index (χ1v) is 11.2. The number of para-hydroxylation sites is 1. The van der Waals surface area contributed by atoms with Crippen molar-refractivity contribution in [3.63, 3.8) is 0 Å². The number of halogens is 1. The van der Waals surface area contributed by atoms with Crippen molar-refractivity contribution in [1.82, 2.24) is 0 Å². The summed E-state index contributed by atoms with van der Waals surface area (Å²) in [4.78, 5) is 12.6. The molecule has 0 radical (unpaired) electrons. The highest BCUT2D eigenvalue weighted by Crippen LogP contribution is 2.30. The van der Waals surface area contributed by atoms with Crippen molar-refractivity contribution in [2.45, 2.75) is 11.8 Å². The summed E-state index contributed by atoms with van der Waals surface area (Å²) in [5, 5.41) is 2.55. The molecule has 0 aliphatic carbocycles. The number of amides is 1. The van der Waals surface area contributed by atoms with E-state index in [4.69, 9.17) is 9.47 Å². The molecule has 3 rings (SSSR count). The number of nitrogens with one attached hydrogen (secondary N) is 1. The average Bonchev–Trinajstić information content (AvgIpc) is 2.80. The van der Waals surface area contributed by atoms with Crippen LogP contribution in [-0.4, -0.2) is 35.1 Å². The van der Waals surface area contributed by atoms with Gasteiger partial charge in [-0.3, -0.25) is 9.10 Å². The van der Waals surface area contributed by atoms with E-state index in [1.54, 1.807) is 49.4 Å². The second-order valence-electron chi connectivity index (χ2n) is 6.67. The minimum absolute atomic E-state index is 0.159. The summed E-state index contributed by atoms with van der Waals surface area (Å²) in [5.74, 6) is -0.885. The summed E-state index contributed by atoms with van der Waals surface area (Å²) in [6.45, 7) is 1.85. The van der Waals surface area contributed by atoms with Crippen molar-refractivity contribution in [3.8, 4) is 11.5 Å². The number of rotatable bonds is 8. The molecule has 32 heavy (non-hydrogen) atoms. The van der Waals surface area contributed by atoms with Crippen LogP contribution in [0.3, 0.4) is 0 Å². The van der Waals surface area contributed by atoms with Crippen molar-refractivity contribution in [1.29, 1.82) is 0 Å². The number of carbonyl (C=O) groups is 1. The van der Waals surface area contributed by atoms with Crippen molar-refractivity contribution < 1.29 is 27.1 Å². The molecule has 0 unspecified atom stereocenters. The van der Waals surface area contributed by atoms with Gasteiger partial charge in [-0.2, -0.15) is 0 Å². The van der Waals surface area contributed by atoms with Crippen LogP contribution in [0.15, 0.2) is 71.6 Å². The van der Waals surface area contributed by atoms with Gasteiger partial charge in [0.1, 0.15) is 17.3 Å². The van der Waals surface area contributed by atoms with Crippen LogP contribution in [0.4, 0.5) is 15.8 Å². The Bertz CT molecular complexity index is 1220. The van der Waals surface area contributed by atoms with E-state index in [9.17, 15) is 17.6 Å². The van der Waals surface area contributed by atoms with Crippen LogP contribution in [0.1, 0.15) is 17.3 Å². The maximum atomic E-state index is 14.5. The maximum Gasteiger partial charge on any atom is 0.264 e. The predicted molar refractivity (Wildman–Crippen MR) is 121 cm³/mol. The molecule has 0 atom stereocenters. The van der Waals surface area contributed by atoms with Gasteiger partial charge in [0.25, 0.3) is 15.9 Å². The zero-order valence-corrected chi connectivity index (χ0v) is 18.6. The zero-order chi connectivity index (χ0) is 23.3. The lowest BCUT2D eigenvalue weighted by atomic mass is 10.2. The zero-order valence-electron chi connectivity index (χ0n) is 17.8. The van der Waals surface area contributed by atoms with E-state index in [-0.39, 0.29) is 17.1 Å². The molecule has 0 aliphatic rings. The summed E-state index contributed by atoms with van der Waals surface area (Å²) in [6, 6.07) is 16.4. The molecular weight excluding hydrogens is 435 g/mol. The second-order valence-corrected chi connectivity index (χ2v) is 8.53. The van der Waals surface area contributed by atoms with Gasteiger partial charge in [-0.15, -0.1) is 0 Å². The van der Waals surface area contributed by atoms with Gasteiger partial charge in [0.05, 0.1) is 36.1 Å². The van der Waals surface area contributed by atoms with Crippen LogP contribution in [-0.2, 0) is 10.0 Å². The molecule has 0 aromatic heterocycles. The first-order valence-electron chi connectivity index (χ1n) is 9.72. The lowest BCUT2D eigenvalue weighted by Crippen LogP contribution is -2.31. The molecule has 0 fully saturated rings. The Balaban J connectivity index is 1.98. The molecule has 0 saturated carbocycles. The molecule has 0 bridgehead atoms. The summed E-state index contributed by atoms with van der Waals surface area (Å²) in [5.41, 5.74) is 0.301. The van der Waals surface area contributed by atoms with Crippen molar-refractivity contribution in [2.24, 2.45) is 0 Å². The molecule has 3 aromatic rings. The van der Waals surface area contributed by atoms with E-state index in [1.807, 2.05) is 0 Å². The Labute approximate surface area is 186 Å². The van der Waals surface area contributed by atoms with Gasteiger partial charge in [0, 0.05) is 12.6 Å². The number of benzene rings is 3. The lowest BCUT2D eigenvalue weighted by Gasteiger charge is -2.23. The van der Waals surface area contributed by atoms with Crippen LogP contribution >= 0.6 is 0 Å². The van der Waals surface area contributed by atoms with E-state index >= 15 is 0 Å². The van der Waals surface area contributed by atoms with Crippen LogP contribution in [0.2, 0.25) is 0 Å². The first-order chi connectivity index (χ1) is 15.3. The molecule has 0 aliphatic heterocycles. The quantitative estimate of drug-likeness (QED) is 0.544. The van der Waals surface area contributed by atoms with Gasteiger partial charge in [-0.1, -0.05) is 18.2 Å². The van der Waals surface area contributed by atoms with Gasteiger partial charge in [-0.05, 0) is 49.4 Å². The van der Waals surface area contributed by atoms with Crippen LogP contribution in [0.5, 0.6) is 11.5 Å². The third-order valence-corrected chi connectivity index (χ3v) is 6.66. The van der Waals surface area contributed by atoms with Gasteiger partial charge in [0.2, 0.25) is 0 Å². The van der Waals surface area contributed by atoms with Crippen molar-refractivity contribution in [3.05, 3.63) is 78.1 Å². The Hall–Kier alpha value is -3.59. The van der Waals surface area contributed by atoms with Gasteiger partial charge in [0.15, 0.2) is 0 Å². The fourth-order valence-electron chi connectivity index (χ4n) is 3.15. The van der Waals surface area contributed by atoms with E-state index in [1.165, 1.54) is 24.6 Å². The van der Waals surface area contributed by atoms with Crippen LogP contribution in [0.25, 0.3) is 0 Å². The molecule has 0 spiro atoms. The standard InChI is InChI=1S/C23H23FN2O5S/c1-4-26(16-8-6-5-7-9-16)32(28,29)18-11-12-20(24)19(15-18)23(27)25-21-14-17(30-2)10-13-22(21)31-3/h5-15H,4H2,1-3H3,(H,25,27). The summed E-state index contributed by atoms with van der Waals surface area (Å²) in [7, 11) is -1.14. The average molecular weight is 459 g/mol. The van der Waals surface area contributed by atoms with Gasteiger partial charge < -0.3 is 14.8 Å². The summed E-state index contributed by atoms with van der Waals surface area (Å²) in [6.07, 6.45) is 0. The SMILES string of the molecule is CCN(c1ccccc1)S(=O)(=O)c1ccc(F)c(C(=O)Nc2cc(OC)ccc2OC)c1. The molecule has 0 heterocycles. The largest absolute Gasteiger partial charge is 0.497 e. The number of hydrogen-bond donors (Lipinski definition) is 1. The Morgan fingerprint density at radius 3 is 2.34 bits per heavy atom. The van der Waals surface area contributed by atoms with Crippen LogP contribution in [0, 0.1) is 5.82 Å². The molecule has 0 saturated heterocycles. The van der Waals surface area contributed by atoms with Gasteiger partial charge >= 0.3 is 0 Å². The normalized spacial score (nSPS) is 11.0. The number of methoxy groups -OCH3 is 2. The minimum Gasteiger partial charge on any atom is -0.497 e. The highest BCUT2D eigenvalue weighted by atomic mass is 32.2. The van der Waals surface area contributed by atoms with Crippen LogP contribution < -0.4 is 19.1 Å². The highest BCUT2D eigenvalue weighted by Gasteiger charge is 2.26. The summed E-state index contributed by atoms with van der Waals surface area (Å²) < 4.78 is 52.5. The number of nitrogens with zero attached hydrogens (tertiary/aromatic N) is 1. The lowest BCUT2D eigenvalue weighted by molar-refractivity contribution is 0.102. The molecule has 3 aromatic carbocycles. The predicted octanol–water partition coefficient (Wildman–Crippen LogP) is 4.31. The van der Waals surface area contributed by atoms with Crippen molar-refractivity contribution >= 4 is 27.3 Å². The molecule has 9 heteroatoms. The van der Waals surface area contributed by atoms with E-state index in [2.05, 4.69) is 5.32 Å². The highest BCUT2D eigenvalue weighted by molar-refractivity contribution is 7.92. The number of hydrogen-bond acceptors (Lipinski definition) is 5. The maximum absolute atomic E-state index is 14.5. The topological polar surface area (TPSA) is 84.9 Å². The van der Waals surface area contributed by atoms with Crippen molar-refractivity contribution in [2.75, 3.05) is 30.4 Å². The second kappa shape index (κ2) is 9.69. The van der Waals surface area contributed by atoms with Gasteiger partial charge in [-0.25, -0.2) is 12.8 Å². The van der Waals surface area contributed by atoms with E-state index in [0.717, 1.165) is 18.2 Å². The number of ether oxygens (including phenoxy) is 2. The fraction of sp³-hybridized carbons (Fsp3) is 0.174. The molecule has 1 amide bonds. The Kier molecular flexibility index (Phi) is 6.99. The molecule has 1 N–H and O–H groups in total. The number of sulfonamides is 1. The monoisotopic (exact) mass is 458 g/mol. The Morgan fingerprint density at radius 1 is 1.00 bits per heavy atom. The van der Waals surface area contributed by atoms with E-state index < -0.39 is 27.3 Å². The smallest absolute Gasteiger partial charge is 0.264 e. The number of anilines is 2. The molecule has 168 valence electrons. The first kappa shape index (κ1) is 23.1. The fourth-order valence-corrected chi connectivity index (χ4v) is 4.65.